The summed E-state index contributed by atoms with van der Waals surface area (Å²) in [7, 11) is 0. The van der Waals surface area contributed by atoms with E-state index in [-0.39, 0.29) is 18.3 Å². The first-order valence-corrected chi connectivity index (χ1v) is 31.6. The number of nitrogens with zero attached hydrogens (tertiary/aromatic N) is 6. The van der Waals surface area contributed by atoms with Gasteiger partial charge in [-0.3, -0.25) is 0 Å². The van der Waals surface area contributed by atoms with E-state index in [0.717, 1.165) is 144 Å². The lowest BCUT2D eigenvalue weighted by Gasteiger charge is -2.35. The number of hydrogen-bond acceptors (Lipinski definition) is 12. The maximum atomic E-state index is 9.81. The van der Waals surface area contributed by atoms with Crippen molar-refractivity contribution in [1.82, 2.24) is 15.0 Å². The quantitative estimate of drug-likeness (QED) is 0.0737. The third-order valence-corrected chi connectivity index (χ3v) is 16.9. The number of nitrogens with one attached hydrogen (secondary N) is 3. The van der Waals surface area contributed by atoms with E-state index in [1.165, 1.54) is 39.0 Å². The van der Waals surface area contributed by atoms with Gasteiger partial charge in [-0.15, -0.1) is 0 Å². The summed E-state index contributed by atoms with van der Waals surface area (Å²) in [6.45, 7) is 12.0. The molecule has 87 heavy (non-hydrogen) atoms. The lowest BCUT2D eigenvalue weighted by molar-refractivity contribution is -0.00476. The Hall–Kier alpha value is -7.84. The van der Waals surface area contributed by atoms with E-state index in [0.29, 0.717) is 25.7 Å². The number of fused-ring (bicyclic) bond motifs is 3. The summed E-state index contributed by atoms with van der Waals surface area (Å²) < 4.78 is 12.2. The summed E-state index contributed by atoms with van der Waals surface area (Å²) >= 11 is 18.0. The van der Waals surface area contributed by atoms with Gasteiger partial charge in [-0.25, -0.2) is 15.0 Å². The van der Waals surface area contributed by atoms with Crippen LogP contribution in [-0.4, -0.2) is 83.7 Å². The van der Waals surface area contributed by atoms with Gasteiger partial charge in [0.15, 0.2) is 0 Å². The molecule has 15 heteroatoms. The fourth-order valence-electron chi connectivity index (χ4n) is 11.5. The molecule has 0 saturated carbocycles. The van der Waals surface area contributed by atoms with Crippen LogP contribution in [0.25, 0.3) is 32.7 Å². The maximum absolute atomic E-state index is 9.81. The normalized spacial score (nSPS) is 15.0. The lowest BCUT2D eigenvalue weighted by atomic mass is 10.0. The van der Waals surface area contributed by atoms with Gasteiger partial charge in [-0.1, -0.05) is 144 Å². The van der Waals surface area contributed by atoms with Crippen LogP contribution in [-0.2, 0) is 24.4 Å². The van der Waals surface area contributed by atoms with Crippen LogP contribution in [0.5, 0.6) is 5.75 Å². The third-order valence-electron chi connectivity index (χ3n) is 16.1. The van der Waals surface area contributed by atoms with Crippen molar-refractivity contribution in [2.45, 2.75) is 96.4 Å². The van der Waals surface area contributed by atoms with E-state index in [9.17, 15) is 5.11 Å². The molecular formula is C72H76Cl3N9O3. The molecule has 6 heterocycles. The van der Waals surface area contributed by atoms with Crippen molar-refractivity contribution in [3.8, 4) is 5.75 Å². The van der Waals surface area contributed by atoms with Gasteiger partial charge in [-0.2, -0.15) is 0 Å². The number of aliphatic hydroxyl groups is 1. The number of pyridine rings is 3. The van der Waals surface area contributed by atoms with Gasteiger partial charge in [-0.05, 0) is 123 Å². The van der Waals surface area contributed by atoms with Gasteiger partial charge in [0.05, 0.1) is 34.9 Å². The molecule has 0 amide bonds. The molecule has 0 bridgehead atoms. The van der Waals surface area contributed by atoms with Crippen molar-refractivity contribution in [3.05, 3.63) is 226 Å². The first-order valence-electron chi connectivity index (χ1n) is 30.5. The molecule has 3 fully saturated rings. The lowest BCUT2D eigenvalue weighted by Crippen LogP contribution is -2.38. The number of anilines is 6. The minimum Gasteiger partial charge on any atom is -0.490 e. The van der Waals surface area contributed by atoms with E-state index in [1.54, 1.807) is 0 Å². The zero-order valence-electron chi connectivity index (χ0n) is 49.5. The van der Waals surface area contributed by atoms with Crippen molar-refractivity contribution in [2.75, 3.05) is 69.9 Å². The Morgan fingerprint density at radius 3 is 1.10 bits per heavy atom. The van der Waals surface area contributed by atoms with Gasteiger partial charge < -0.3 is 45.2 Å². The average molecular weight is 1220 g/mol. The monoisotopic (exact) mass is 1220 g/mol. The molecule has 3 aromatic heterocycles. The molecule has 4 N–H and O–H groups in total. The molecular weight excluding hydrogens is 1150 g/mol. The van der Waals surface area contributed by atoms with Crippen molar-refractivity contribution < 1.29 is 14.6 Å². The fraction of sp³-hybridized carbons (Fsp3) is 0.292. The number of para-hydroxylation sites is 4. The highest BCUT2D eigenvalue weighted by Gasteiger charge is 2.25. The smallest absolute Gasteiger partial charge is 0.129 e. The number of halogens is 3. The van der Waals surface area contributed by atoms with Gasteiger partial charge >= 0.3 is 0 Å². The van der Waals surface area contributed by atoms with Gasteiger partial charge in [0.25, 0.3) is 0 Å². The van der Waals surface area contributed by atoms with Gasteiger partial charge in [0.1, 0.15) is 29.3 Å². The summed E-state index contributed by atoms with van der Waals surface area (Å²) in [4.78, 5) is 21.7. The van der Waals surface area contributed by atoms with E-state index in [4.69, 9.17) is 59.2 Å². The van der Waals surface area contributed by atoms with E-state index in [2.05, 4.69) is 105 Å². The number of aromatic nitrogens is 3. The number of benzene rings is 7. The zero-order valence-corrected chi connectivity index (χ0v) is 51.7. The minimum absolute atomic E-state index is 0.179. The minimum atomic E-state index is -0.179. The zero-order chi connectivity index (χ0) is 59.9. The molecule has 448 valence electrons. The predicted octanol–water partition coefficient (Wildman–Crippen LogP) is 16.9. The number of piperidine rings is 3. The van der Waals surface area contributed by atoms with Gasteiger partial charge in [0.2, 0.25) is 0 Å². The van der Waals surface area contributed by atoms with Crippen LogP contribution < -0.4 is 35.4 Å². The van der Waals surface area contributed by atoms with Crippen molar-refractivity contribution in [3.63, 3.8) is 0 Å². The Morgan fingerprint density at radius 2 is 0.747 bits per heavy atom. The molecule has 0 radical (unpaired) electrons. The number of aliphatic hydroxyl groups excluding tert-OH is 1. The topological polar surface area (TPSA) is 123 Å². The van der Waals surface area contributed by atoms with Crippen LogP contribution in [0.1, 0.15) is 69.1 Å². The highest BCUT2D eigenvalue weighted by molar-refractivity contribution is 6.31. The molecule has 13 rings (SSSR count). The Kier molecular flexibility index (Phi) is 20.8. The van der Waals surface area contributed by atoms with Crippen molar-refractivity contribution >= 4 is 102 Å². The molecule has 0 aliphatic carbocycles. The van der Waals surface area contributed by atoms with Crippen LogP contribution in [0.3, 0.4) is 0 Å². The third kappa shape index (κ3) is 16.8. The van der Waals surface area contributed by atoms with Crippen LogP contribution >= 0.6 is 34.8 Å². The van der Waals surface area contributed by atoms with E-state index < -0.39 is 0 Å². The largest absolute Gasteiger partial charge is 0.490 e. The second-order valence-electron chi connectivity index (χ2n) is 22.8. The predicted molar refractivity (Wildman–Crippen MR) is 363 cm³/mol. The second-order valence-corrected chi connectivity index (χ2v) is 24.1. The summed E-state index contributed by atoms with van der Waals surface area (Å²) in [5.41, 5.74) is 10.2. The summed E-state index contributed by atoms with van der Waals surface area (Å²) in [6, 6.07) is 65.2. The van der Waals surface area contributed by atoms with E-state index in [1.807, 2.05) is 133 Å². The van der Waals surface area contributed by atoms with Crippen molar-refractivity contribution in [2.24, 2.45) is 0 Å². The first-order chi connectivity index (χ1) is 42.5. The van der Waals surface area contributed by atoms with Crippen molar-refractivity contribution in [1.29, 1.82) is 0 Å². The number of hydrogen-bond donors (Lipinski definition) is 4. The molecule has 3 aliphatic heterocycles. The Bertz CT molecular complexity index is 3800. The molecule has 3 aliphatic rings. The molecule has 0 spiro atoms. The number of rotatable bonds is 16. The number of ether oxygens (including phenoxy) is 2. The molecule has 10 aromatic rings. The molecule has 7 aromatic carbocycles. The molecule has 0 unspecified atom stereocenters. The first kappa shape index (κ1) is 60.8. The summed E-state index contributed by atoms with van der Waals surface area (Å²) in [5.74, 6) is 3.60. The molecule has 12 nitrogen and oxygen atoms in total. The fourth-order valence-corrected chi connectivity index (χ4v) is 11.9. The molecule has 0 atom stereocenters. The maximum Gasteiger partial charge on any atom is 0.129 e. The SMILES string of the molecule is CC(C)OC1CCN(c2cc(NCc3ccc(Cl)cc3)nc3ccccc23)CC1.Clc1ccc(CNc2cc(N3CCC(Oc4ccccc4)CC3)c3ccccc3n2)cc1.OC1CCN(c2cc(NCc3ccc(Cl)cc3)nc3ccccc23)CC1. The Balaban J connectivity index is 0.000000136. The standard InChI is InChI=1S/C27H26ClN3O.C24H28ClN3O.C21H22ClN3O/c28-21-12-10-20(11-13-21)19-29-27-18-26(24-8-4-5-9-25(24)30-27)31-16-14-23(15-17-31)32-22-6-2-1-3-7-22;1-17(2)29-20-11-13-28(14-12-20)23-15-24(27-22-6-4-3-5-21(22)23)26-16-18-7-9-19(25)10-8-18;22-16-7-5-15(6-8-16)14-23-21-13-20(25-11-9-17(26)10-12-25)18-3-1-2-4-19(18)24-21/h1-13,18,23H,14-17,19H2,(H,29,30);3-10,15,17,20H,11-14,16H2,1-2H3,(H,26,27);1-8,13,17,26H,9-12,14H2,(H,23,24). The van der Waals surface area contributed by atoms with Crippen LogP contribution in [0.15, 0.2) is 194 Å². The highest BCUT2D eigenvalue weighted by Crippen LogP contribution is 2.35. The Labute approximate surface area is 526 Å². The summed E-state index contributed by atoms with van der Waals surface area (Å²) in [6.07, 6.45) is 6.46. The average Bonchev–Trinajstić information content (AvgIpc) is 3.58. The van der Waals surface area contributed by atoms with Gasteiger partial charge in [0, 0.05) is 138 Å². The Morgan fingerprint density at radius 1 is 0.425 bits per heavy atom. The molecule has 3 saturated heterocycles. The van der Waals surface area contributed by atoms with E-state index >= 15 is 0 Å². The highest BCUT2D eigenvalue weighted by atomic mass is 35.5. The summed E-state index contributed by atoms with van der Waals surface area (Å²) in [5, 5.41) is 26.0. The van der Waals surface area contributed by atoms with Crippen LogP contribution in [0.4, 0.5) is 34.5 Å². The van der Waals surface area contributed by atoms with Crippen LogP contribution in [0, 0.1) is 0 Å². The van der Waals surface area contributed by atoms with Crippen LogP contribution in [0.2, 0.25) is 15.1 Å². The second kappa shape index (κ2) is 29.7.